The van der Waals surface area contributed by atoms with Crippen LogP contribution in [0.2, 0.25) is 10.0 Å². The van der Waals surface area contributed by atoms with E-state index in [9.17, 15) is 4.79 Å². The maximum Gasteiger partial charge on any atom is 0.137 e. The first-order chi connectivity index (χ1) is 9.60. The van der Waals surface area contributed by atoms with Gasteiger partial charge in [0, 0.05) is 35.0 Å². The molecule has 108 valence electrons. The van der Waals surface area contributed by atoms with Crippen LogP contribution in [0.5, 0.6) is 0 Å². The van der Waals surface area contributed by atoms with Gasteiger partial charge in [-0.25, -0.2) is 0 Å². The van der Waals surface area contributed by atoms with Crippen molar-refractivity contribution in [3.8, 4) is 0 Å². The molecule has 0 radical (unpaired) electrons. The molecule has 20 heavy (non-hydrogen) atoms. The summed E-state index contributed by atoms with van der Waals surface area (Å²) < 4.78 is 0. The zero-order valence-electron chi connectivity index (χ0n) is 11.4. The molecule has 1 aromatic carbocycles. The lowest BCUT2D eigenvalue weighted by atomic mass is 9.87. The van der Waals surface area contributed by atoms with E-state index in [1.807, 2.05) is 0 Å². The molecule has 4 heteroatoms. The quantitative estimate of drug-likeness (QED) is 0.909. The van der Waals surface area contributed by atoms with Crippen LogP contribution in [0.1, 0.15) is 37.7 Å². The Balaban J connectivity index is 1.58. The number of carbonyl (C=O) groups is 1. The van der Waals surface area contributed by atoms with Crippen LogP contribution in [0.25, 0.3) is 0 Å². The van der Waals surface area contributed by atoms with Gasteiger partial charge in [-0.3, -0.25) is 4.79 Å². The maximum absolute atomic E-state index is 12.3. The van der Waals surface area contributed by atoms with Crippen molar-refractivity contribution in [2.24, 2.45) is 5.92 Å². The van der Waals surface area contributed by atoms with Gasteiger partial charge in [0.2, 0.25) is 0 Å². The van der Waals surface area contributed by atoms with Gasteiger partial charge in [0.15, 0.2) is 0 Å². The molecule has 2 fully saturated rings. The second-order valence-electron chi connectivity index (χ2n) is 6.13. The third-order valence-electron chi connectivity index (χ3n) is 4.48. The van der Waals surface area contributed by atoms with Crippen molar-refractivity contribution in [2.75, 3.05) is 0 Å². The molecule has 2 bridgehead atoms. The summed E-state index contributed by atoms with van der Waals surface area (Å²) in [5.41, 5.74) is 0.848. The molecule has 3 rings (SSSR count). The predicted octanol–water partition coefficient (Wildman–Crippen LogP) is 4.03. The zero-order valence-corrected chi connectivity index (χ0v) is 12.9. The Morgan fingerprint density at radius 3 is 2.60 bits per heavy atom. The average Bonchev–Trinajstić information content (AvgIpc) is 2.73. The van der Waals surface area contributed by atoms with Crippen molar-refractivity contribution in [2.45, 2.75) is 50.6 Å². The highest BCUT2D eigenvalue weighted by Gasteiger charge is 2.34. The number of nitrogens with one attached hydrogen (secondary N) is 1. The number of hydrogen-bond acceptors (Lipinski definition) is 2. The summed E-state index contributed by atoms with van der Waals surface area (Å²) in [6.07, 6.45) is 5.91. The molecule has 2 aliphatic heterocycles. The molecule has 0 amide bonds. The smallest absolute Gasteiger partial charge is 0.137 e. The Labute approximate surface area is 129 Å². The predicted molar refractivity (Wildman–Crippen MR) is 82.5 cm³/mol. The number of benzene rings is 1. The molecule has 2 unspecified atom stereocenters. The van der Waals surface area contributed by atoms with Crippen LogP contribution in [0.4, 0.5) is 0 Å². The standard InChI is InChI=1S/C16H19Cl2NO/c17-12-1-4-16(18)11(8-12)9-15(20)7-10-5-13-2-3-14(6-10)19-13/h1,4,8,10,13-14,19H,2-3,5-7,9H2. The molecule has 2 saturated heterocycles. The fourth-order valence-electron chi connectivity index (χ4n) is 3.63. The molecule has 2 aliphatic rings. The minimum Gasteiger partial charge on any atom is -0.311 e. The van der Waals surface area contributed by atoms with Gasteiger partial charge in [0.1, 0.15) is 5.78 Å². The Morgan fingerprint density at radius 1 is 1.20 bits per heavy atom. The number of Topliss-reactive ketones (excluding diaryl/α,β-unsaturated/α-hetero) is 1. The second kappa shape index (κ2) is 6.05. The van der Waals surface area contributed by atoms with E-state index < -0.39 is 0 Å². The Morgan fingerprint density at radius 2 is 1.90 bits per heavy atom. The molecule has 2 atom stereocenters. The van der Waals surface area contributed by atoms with Gasteiger partial charge in [-0.05, 0) is 55.4 Å². The van der Waals surface area contributed by atoms with Crippen LogP contribution in [0.15, 0.2) is 18.2 Å². The molecule has 2 nitrogen and oxygen atoms in total. The Kier molecular flexibility index (Phi) is 4.34. The van der Waals surface area contributed by atoms with Crippen molar-refractivity contribution in [3.63, 3.8) is 0 Å². The topological polar surface area (TPSA) is 29.1 Å². The lowest BCUT2D eigenvalue weighted by Crippen LogP contribution is -2.38. The molecule has 0 aromatic heterocycles. The summed E-state index contributed by atoms with van der Waals surface area (Å²) in [7, 11) is 0. The van der Waals surface area contributed by atoms with Crippen LogP contribution in [-0.2, 0) is 11.2 Å². The molecule has 1 N–H and O–H groups in total. The van der Waals surface area contributed by atoms with Gasteiger partial charge < -0.3 is 5.32 Å². The van der Waals surface area contributed by atoms with Gasteiger partial charge in [0.05, 0.1) is 0 Å². The highest BCUT2D eigenvalue weighted by Crippen LogP contribution is 2.33. The summed E-state index contributed by atoms with van der Waals surface area (Å²) in [6.45, 7) is 0. The number of ketones is 1. The number of rotatable bonds is 4. The van der Waals surface area contributed by atoms with Crippen LogP contribution < -0.4 is 5.32 Å². The van der Waals surface area contributed by atoms with E-state index in [0.29, 0.717) is 40.9 Å². The van der Waals surface area contributed by atoms with Crippen LogP contribution in [0, 0.1) is 5.92 Å². The fourth-order valence-corrected chi connectivity index (χ4v) is 4.01. The van der Waals surface area contributed by atoms with Gasteiger partial charge in [0.25, 0.3) is 0 Å². The third-order valence-corrected chi connectivity index (χ3v) is 5.09. The second-order valence-corrected chi connectivity index (χ2v) is 6.97. The Hall–Kier alpha value is -0.570. The van der Waals surface area contributed by atoms with Crippen molar-refractivity contribution >= 4 is 29.0 Å². The number of halogens is 2. The zero-order chi connectivity index (χ0) is 14.1. The average molecular weight is 312 g/mol. The van der Waals surface area contributed by atoms with Crippen molar-refractivity contribution < 1.29 is 4.79 Å². The van der Waals surface area contributed by atoms with E-state index in [2.05, 4.69) is 5.32 Å². The summed E-state index contributed by atoms with van der Waals surface area (Å²) in [6, 6.07) is 6.59. The summed E-state index contributed by atoms with van der Waals surface area (Å²) in [5.74, 6) is 0.819. The molecule has 0 saturated carbocycles. The summed E-state index contributed by atoms with van der Waals surface area (Å²) in [5, 5.41) is 4.88. The lowest BCUT2D eigenvalue weighted by Gasteiger charge is -2.28. The van der Waals surface area contributed by atoms with Crippen molar-refractivity contribution in [1.82, 2.24) is 5.32 Å². The first kappa shape index (κ1) is 14.4. The fraction of sp³-hybridized carbons (Fsp3) is 0.562. The number of carbonyl (C=O) groups excluding carboxylic acids is 1. The van der Waals surface area contributed by atoms with Crippen LogP contribution in [0.3, 0.4) is 0 Å². The highest BCUT2D eigenvalue weighted by molar-refractivity contribution is 6.33. The van der Waals surface area contributed by atoms with Crippen LogP contribution >= 0.6 is 23.2 Å². The number of fused-ring (bicyclic) bond motifs is 2. The minimum absolute atomic E-state index is 0.278. The molecular weight excluding hydrogens is 293 g/mol. The van der Waals surface area contributed by atoms with E-state index in [-0.39, 0.29) is 5.78 Å². The van der Waals surface area contributed by atoms with E-state index in [4.69, 9.17) is 23.2 Å². The van der Waals surface area contributed by atoms with Gasteiger partial charge >= 0.3 is 0 Å². The normalized spacial score (nSPS) is 28.6. The van der Waals surface area contributed by atoms with Gasteiger partial charge in [-0.2, -0.15) is 0 Å². The van der Waals surface area contributed by atoms with Gasteiger partial charge in [-0.15, -0.1) is 0 Å². The van der Waals surface area contributed by atoms with E-state index in [0.717, 1.165) is 18.4 Å². The summed E-state index contributed by atoms with van der Waals surface area (Å²) >= 11 is 12.1. The molecule has 2 heterocycles. The van der Waals surface area contributed by atoms with Gasteiger partial charge in [-0.1, -0.05) is 23.2 Å². The monoisotopic (exact) mass is 311 g/mol. The minimum atomic E-state index is 0.278. The van der Waals surface area contributed by atoms with Crippen molar-refractivity contribution in [3.05, 3.63) is 33.8 Å². The lowest BCUT2D eigenvalue weighted by molar-refractivity contribution is -0.119. The van der Waals surface area contributed by atoms with Crippen LogP contribution in [-0.4, -0.2) is 17.9 Å². The first-order valence-electron chi connectivity index (χ1n) is 7.32. The molecule has 0 spiro atoms. The highest BCUT2D eigenvalue weighted by atomic mass is 35.5. The third kappa shape index (κ3) is 3.36. The van der Waals surface area contributed by atoms with Crippen molar-refractivity contribution in [1.29, 1.82) is 0 Å². The van der Waals surface area contributed by atoms with E-state index >= 15 is 0 Å². The largest absolute Gasteiger partial charge is 0.311 e. The van der Waals surface area contributed by atoms with E-state index in [1.165, 1.54) is 12.8 Å². The van der Waals surface area contributed by atoms with E-state index in [1.54, 1.807) is 18.2 Å². The number of hydrogen-bond donors (Lipinski definition) is 1. The SMILES string of the molecule is O=C(Cc1cc(Cl)ccc1Cl)CC1CC2CCC(C1)N2. The maximum atomic E-state index is 12.3. The summed E-state index contributed by atoms with van der Waals surface area (Å²) in [4.78, 5) is 12.3. The molecular formula is C16H19Cl2NO. The number of piperidine rings is 1. The Bertz CT molecular complexity index is 505. The first-order valence-corrected chi connectivity index (χ1v) is 8.07. The molecule has 1 aromatic rings. The molecule has 0 aliphatic carbocycles.